The van der Waals surface area contributed by atoms with Gasteiger partial charge in [0, 0.05) is 24.7 Å². The predicted octanol–water partition coefficient (Wildman–Crippen LogP) is 3.26. The van der Waals surface area contributed by atoms with Gasteiger partial charge in [0.15, 0.2) is 0 Å². The van der Waals surface area contributed by atoms with E-state index in [2.05, 4.69) is 12.2 Å². The first-order valence-corrected chi connectivity index (χ1v) is 6.62. The Labute approximate surface area is 108 Å². The van der Waals surface area contributed by atoms with Gasteiger partial charge in [0.1, 0.15) is 0 Å². The van der Waals surface area contributed by atoms with Gasteiger partial charge in [0.2, 0.25) is 0 Å². The second-order valence-corrected chi connectivity index (χ2v) is 5.27. The normalized spacial score (nSPS) is 23.8. The lowest BCUT2D eigenvalue weighted by molar-refractivity contribution is -0.384. The van der Waals surface area contributed by atoms with Crippen LogP contribution in [0.3, 0.4) is 0 Å². The van der Waals surface area contributed by atoms with Crippen LogP contribution in [0.5, 0.6) is 0 Å². The topological polar surface area (TPSA) is 55.2 Å². The van der Waals surface area contributed by atoms with Gasteiger partial charge >= 0.3 is 0 Å². The van der Waals surface area contributed by atoms with E-state index in [4.69, 9.17) is 0 Å². The molecule has 1 fully saturated rings. The van der Waals surface area contributed by atoms with Crippen molar-refractivity contribution in [3.63, 3.8) is 0 Å². The van der Waals surface area contributed by atoms with Crippen molar-refractivity contribution in [3.8, 4) is 0 Å². The van der Waals surface area contributed by atoms with Gasteiger partial charge in [-0.2, -0.15) is 0 Å². The molecule has 1 aromatic rings. The molecule has 2 unspecified atom stereocenters. The first-order chi connectivity index (χ1) is 8.65. The Morgan fingerprint density at radius 2 is 2.06 bits per heavy atom. The molecule has 0 heterocycles. The van der Waals surface area contributed by atoms with E-state index in [0.717, 1.165) is 18.0 Å². The van der Waals surface area contributed by atoms with Crippen LogP contribution in [0.25, 0.3) is 0 Å². The largest absolute Gasteiger partial charge is 0.310 e. The molecule has 2 rings (SSSR count). The zero-order valence-electron chi connectivity index (χ0n) is 10.8. The number of non-ortho nitro benzene ring substituents is 1. The van der Waals surface area contributed by atoms with Crippen molar-refractivity contribution in [2.24, 2.45) is 5.92 Å². The van der Waals surface area contributed by atoms with E-state index < -0.39 is 0 Å². The van der Waals surface area contributed by atoms with Crippen molar-refractivity contribution in [2.45, 2.75) is 45.2 Å². The third-order valence-electron chi connectivity index (χ3n) is 3.68. The summed E-state index contributed by atoms with van der Waals surface area (Å²) < 4.78 is 0. The van der Waals surface area contributed by atoms with E-state index in [1.54, 1.807) is 12.1 Å². The van der Waals surface area contributed by atoms with E-state index in [1.807, 2.05) is 12.1 Å². The van der Waals surface area contributed by atoms with Crippen LogP contribution in [0.2, 0.25) is 0 Å². The second-order valence-electron chi connectivity index (χ2n) is 5.27. The highest BCUT2D eigenvalue weighted by atomic mass is 16.6. The van der Waals surface area contributed by atoms with Crippen LogP contribution < -0.4 is 5.32 Å². The maximum absolute atomic E-state index is 10.5. The van der Waals surface area contributed by atoms with Gasteiger partial charge in [-0.1, -0.05) is 31.9 Å². The standard InChI is InChI=1S/C14H20N2O2/c1-11-3-2-4-13(9-11)15-10-12-5-7-14(8-6-12)16(17)18/h5-8,11,13,15H,2-4,9-10H2,1H3. The first-order valence-electron chi connectivity index (χ1n) is 6.62. The smallest absolute Gasteiger partial charge is 0.269 e. The molecule has 1 saturated carbocycles. The van der Waals surface area contributed by atoms with Crippen molar-refractivity contribution in [1.82, 2.24) is 5.32 Å². The molecule has 2 atom stereocenters. The summed E-state index contributed by atoms with van der Waals surface area (Å²) in [5, 5.41) is 14.1. The zero-order chi connectivity index (χ0) is 13.0. The minimum absolute atomic E-state index is 0.157. The van der Waals surface area contributed by atoms with Crippen LogP contribution in [-0.2, 0) is 6.54 Å². The van der Waals surface area contributed by atoms with Crippen LogP contribution in [0, 0.1) is 16.0 Å². The molecule has 1 N–H and O–H groups in total. The fourth-order valence-corrected chi connectivity index (χ4v) is 2.62. The Balaban J connectivity index is 1.84. The van der Waals surface area contributed by atoms with E-state index in [-0.39, 0.29) is 10.6 Å². The Bertz CT molecular complexity index is 403. The summed E-state index contributed by atoms with van der Waals surface area (Å²) in [5.41, 5.74) is 1.27. The monoisotopic (exact) mass is 248 g/mol. The van der Waals surface area contributed by atoms with Crippen LogP contribution in [0.1, 0.15) is 38.2 Å². The van der Waals surface area contributed by atoms with E-state index in [1.165, 1.54) is 25.7 Å². The molecule has 0 amide bonds. The Hall–Kier alpha value is -1.42. The summed E-state index contributed by atoms with van der Waals surface area (Å²) in [4.78, 5) is 10.2. The Morgan fingerprint density at radius 1 is 1.33 bits per heavy atom. The molecular formula is C14H20N2O2. The number of rotatable bonds is 4. The fraction of sp³-hybridized carbons (Fsp3) is 0.571. The van der Waals surface area contributed by atoms with E-state index >= 15 is 0 Å². The van der Waals surface area contributed by atoms with Crippen molar-refractivity contribution in [1.29, 1.82) is 0 Å². The predicted molar refractivity (Wildman–Crippen MR) is 71.4 cm³/mol. The summed E-state index contributed by atoms with van der Waals surface area (Å²) in [6, 6.07) is 7.40. The molecule has 1 aliphatic rings. The van der Waals surface area contributed by atoms with Crippen molar-refractivity contribution in [3.05, 3.63) is 39.9 Å². The van der Waals surface area contributed by atoms with Crippen LogP contribution in [0.4, 0.5) is 5.69 Å². The molecule has 0 saturated heterocycles. The minimum atomic E-state index is -0.361. The van der Waals surface area contributed by atoms with Crippen molar-refractivity contribution in [2.75, 3.05) is 0 Å². The number of nitrogens with one attached hydrogen (secondary N) is 1. The Kier molecular flexibility index (Phi) is 4.31. The first kappa shape index (κ1) is 13.0. The molecule has 1 aliphatic carbocycles. The molecule has 4 heteroatoms. The van der Waals surface area contributed by atoms with Gasteiger partial charge in [0.05, 0.1) is 4.92 Å². The molecule has 0 aromatic heterocycles. The minimum Gasteiger partial charge on any atom is -0.310 e. The molecule has 0 aliphatic heterocycles. The lowest BCUT2D eigenvalue weighted by Gasteiger charge is -2.27. The van der Waals surface area contributed by atoms with Crippen molar-refractivity contribution < 1.29 is 4.92 Å². The highest BCUT2D eigenvalue weighted by molar-refractivity contribution is 5.32. The lowest BCUT2D eigenvalue weighted by atomic mass is 9.87. The van der Waals surface area contributed by atoms with E-state index in [0.29, 0.717) is 6.04 Å². The zero-order valence-corrected chi connectivity index (χ0v) is 10.8. The lowest BCUT2D eigenvalue weighted by Crippen LogP contribution is -2.33. The molecule has 0 radical (unpaired) electrons. The van der Waals surface area contributed by atoms with Crippen LogP contribution in [0.15, 0.2) is 24.3 Å². The summed E-state index contributed by atoms with van der Waals surface area (Å²) in [6.07, 6.45) is 5.14. The maximum Gasteiger partial charge on any atom is 0.269 e. The fourth-order valence-electron chi connectivity index (χ4n) is 2.62. The van der Waals surface area contributed by atoms with Gasteiger partial charge in [0.25, 0.3) is 5.69 Å². The SMILES string of the molecule is CC1CCCC(NCc2ccc([N+](=O)[O-])cc2)C1. The van der Waals surface area contributed by atoms with Crippen LogP contribution >= 0.6 is 0 Å². The quantitative estimate of drug-likeness (QED) is 0.657. The number of nitro groups is 1. The number of hydrogen-bond donors (Lipinski definition) is 1. The second kappa shape index (κ2) is 5.96. The number of nitro benzene ring substituents is 1. The summed E-state index contributed by atoms with van der Waals surface area (Å²) in [7, 11) is 0. The molecule has 0 spiro atoms. The molecule has 1 aromatic carbocycles. The maximum atomic E-state index is 10.5. The summed E-state index contributed by atoms with van der Waals surface area (Å²) in [6.45, 7) is 3.11. The number of hydrogen-bond acceptors (Lipinski definition) is 3. The third kappa shape index (κ3) is 3.53. The molecule has 4 nitrogen and oxygen atoms in total. The molecular weight excluding hydrogens is 228 g/mol. The van der Waals surface area contributed by atoms with Gasteiger partial charge in [-0.3, -0.25) is 10.1 Å². The average molecular weight is 248 g/mol. The Morgan fingerprint density at radius 3 is 2.67 bits per heavy atom. The molecule has 18 heavy (non-hydrogen) atoms. The highest BCUT2D eigenvalue weighted by Crippen LogP contribution is 2.23. The van der Waals surface area contributed by atoms with Gasteiger partial charge in [-0.15, -0.1) is 0 Å². The molecule has 0 bridgehead atoms. The summed E-state index contributed by atoms with van der Waals surface area (Å²) >= 11 is 0. The highest BCUT2D eigenvalue weighted by Gasteiger charge is 2.18. The summed E-state index contributed by atoms with van der Waals surface area (Å²) in [5.74, 6) is 0.813. The molecule has 98 valence electrons. The average Bonchev–Trinajstić information content (AvgIpc) is 2.37. The van der Waals surface area contributed by atoms with Crippen LogP contribution in [-0.4, -0.2) is 11.0 Å². The van der Waals surface area contributed by atoms with Gasteiger partial charge in [-0.05, 0) is 24.3 Å². The van der Waals surface area contributed by atoms with E-state index in [9.17, 15) is 10.1 Å². The third-order valence-corrected chi connectivity index (χ3v) is 3.68. The van der Waals surface area contributed by atoms with Gasteiger partial charge in [-0.25, -0.2) is 0 Å². The number of benzene rings is 1. The number of nitrogens with zero attached hydrogens (tertiary/aromatic N) is 1. The van der Waals surface area contributed by atoms with Gasteiger partial charge < -0.3 is 5.32 Å². The van der Waals surface area contributed by atoms with Crippen molar-refractivity contribution >= 4 is 5.69 Å².